The number of hydrogen-bond acceptors (Lipinski definition) is 16. The molecule has 2 aliphatic rings. The first-order chi connectivity index (χ1) is 35.6. The Labute approximate surface area is 433 Å². The van der Waals surface area contributed by atoms with Gasteiger partial charge in [0.25, 0.3) is 0 Å². The van der Waals surface area contributed by atoms with Crippen LogP contribution in [0, 0.1) is 34.5 Å². The van der Waals surface area contributed by atoms with E-state index in [0.29, 0.717) is 51.9 Å². The number of aromatic nitrogens is 8. The highest BCUT2D eigenvalue weighted by Gasteiger charge is 2.44. The molecule has 0 saturated carbocycles. The fraction of sp³-hybridized carbons (Fsp3) is 0.577. The lowest BCUT2D eigenvalue weighted by molar-refractivity contribution is -0.142. The molecule has 0 bridgehead atoms. The lowest BCUT2D eigenvalue weighted by Gasteiger charge is -2.38. The second-order valence-corrected chi connectivity index (χ2v) is 20.0. The number of carbonyl (C=O) groups excluding carboxylic acids is 4. The van der Waals surface area contributed by atoms with Gasteiger partial charge in [-0.25, -0.2) is 0 Å². The summed E-state index contributed by atoms with van der Waals surface area (Å²) < 4.78 is 26.9. The van der Waals surface area contributed by atoms with Gasteiger partial charge in [0.2, 0.25) is 23.6 Å². The van der Waals surface area contributed by atoms with Gasteiger partial charge in [-0.2, -0.15) is 9.36 Å². The van der Waals surface area contributed by atoms with Crippen LogP contribution in [0.15, 0.2) is 60.7 Å². The summed E-state index contributed by atoms with van der Waals surface area (Å²) in [5, 5.41) is 29.9. The fourth-order valence-corrected chi connectivity index (χ4v) is 8.74. The molecular weight excluding hydrogens is 949 g/mol. The average molecular weight is 1020 g/mol. The van der Waals surface area contributed by atoms with Crippen molar-refractivity contribution in [1.29, 1.82) is 0 Å². The number of nitrogens with one attached hydrogen (secondary N) is 2. The number of nitrogens with two attached hydrogens (primary N) is 2. The van der Waals surface area contributed by atoms with Crippen LogP contribution < -0.4 is 31.6 Å². The van der Waals surface area contributed by atoms with Crippen LogP contribution in [-0.4, -0.2) is 150 Å². The van der Waals surface area contributed by atoms with Crippen molar-refractivity contribution < 1.29 is 38.1 Å². The Kier molecular flexibility index (Phi) is 20.8. The van der Waals surface area contributed by atoms with E-state index in [4.69, 9.17) is 30.4 Å². The SMILES string of the molecule is CCC(N)C(=O)N[C@H](C(=O)N1CCC[C@H]1Cn1nnnc1OCc1ccccc1)C(C)(C)COCC#CC#CCOCC(C)(C)[C@H](NC(=O)C(N)CC)C(=O)N1CCC[C@H]1Cn1nnnc1OCc1ccccc1. The number of ether oxygens (including phenoxy) is 4. The Balaban J connectivity index is 1.01. The number of hydrogen-bond donors (Lipinski definition) is 4. The van der Waals surface area contributed by atoms with Crippen molar-refractivity contribution in [1.82, 2.24) is 60.8 Å². The Hall–Kier alpha value is -6.98. The van der Waals surface area contributed by atoms with Gasteiger partial charge in [-0.1, -0.05) is 124 Å². The third kappa shape index (κ3) is 15.8. The predicted octanol–water partition coefficient (Wildman–Crippen LogP) is 2.04. The van der Waals surface area contributed by atoms with Gasteiger partial charge < -0.3 is 50.8 Å². The van der Waals surface area contributed by atoms with Gasteiger partial charge in [0.1, 0.15) is 38.5 Å². The zero-order chi connectivity index (χ0) is 53.1. The molecule has 22 nitrogen and oxygen atoms in total. The van der Waals surface area contributed by atoms with Crippen LogP contribution in [0.1, 0.15) is 91.2 Å². The van der Waals surface area contributed by atoms with Gasteiger partial charge in [0.15, 0.2) is 0 Å². The highest BCUT2D eigenvalue weighted by Crippen LogP contribution is 2.30. The molecule has 2 aromatic heterocycles. The van der Waals surface area contributed by atoms with Gasteiger partial charge in [0.05, 0.1) is 50.5 Å². The van der Waals surface area contributed by atoms with Gasteiger partial charge in [-0.15, -0.1) is 0 Å². The summed E-state index contributed by atoms with van der Waals surface area (Å²) in [4.78, 5) is 58.9. The van der Waals surface area contributed by atoms with E-state index in [1.165, 1.54) is 0 Å². The van der Waals surface area contributed by atoms with Crippen LogP contribution in [0.3, 0.4) is 0 Å². The normalized spacial score (nSPS) is 17.2. The van der Waals surface area contributed by atoms with Crippen LogP contribution in [0.4, 0.5) is 0 Å². The fourth-order valence-electron chi connectivity index (χ4n) is 8.74. The number of amides is 4. The molecule has 0 radical (unpaired) electrons. The van der Waals surface area contributed by atoms with Gasteiger partial charge in [-0.05, 0) is 82.3 Å². The minimum atomic E-state index is -0.968. The van der Waals surface area contributed by atoms with Crippen molar-refractivity contribution in [3.8, 4) is 35.7 Å². The van der Waals surface area contributed by atoms with Gasteiger partial charge >= 0.3 is 12.0 Å². The minimum Gasteiger partial charge on any atom is -0.458 e. The summed E-state index contributed by atoms with van der Waals surface area (Å²) in [6.45, 7) is 13.3. The van der Waals surface area contributed by atoms with E-state index in [9.17, 15) is 19.2 Å². The molecule has 4 aromatic rings. The molecule has 6 N–H and O–H groups in total. The molecule has 6 atom stereocenters. The summed E-state index contributed by atoms with van der Waals surface area (Å²) in [7, 11) is 0. The van der Waals surface area contributed by atoms with E-state index < -0.39 is 46.8 Å². The van der Waals surface area contributed by atoms with E-state index in [1.54, 1.807) is 33.0 Å². The van der Waals surface area contributed by atoms with Gasteiger partial charge in [-0.3, -0.25) is 19.2 Å². The number of likely N-dealkylation sites (tertiary alicyclic amines) is 2. The molecule has 0 aliphatic carbocycles. The topological polar surface area (TPSA) is 275 Å². The molecule has 0 spiro atoms. The molecule has 74 heavy (non-hydrogen) atoms. The zero-order valence-electron chi connectivity index (χ0n) is 43.4. The van der Waals surface area contributed by atoms with Crippen LogP contribution in [0.2, 0.25) is 0 Å². The minimum absolute atomic E-state index is 0.00303. The van der Waals surface area contributed by atoms with Crippen molar-refractivity contribution in [2.45, 2.75) is 143 Å². The molecule has 2 aliphatic heterocycles. The van der Waals surface area contributed by atoms with Crippen molar-refractivity contribution >= 4 is 23.6 Å². The number of rotatable bonds is 26. The average Bonchev–Trinajstić information content (AvgIpc) is 4.25. The van der Waals surface area contributed by atoms with Crippen LogP contribution in [-0.2, 0) is 55.0 Å². The summed E-state index contributed by atoms with van der Waals surface area (Å²) in [5.74, 6) is 9.92. The van der Waals surface area contributed by atoms with E-state index >= 15 is 0 Å². The highest BCUT2D eigenvalue weighted by molar-refractivity contribution is 5.91. The number of carbonyl (C=O) groups is 4. The number of nitrogens with zero attached hydrogens (tertiary/aromatic N) is 10. The zero-order valence-corrected chi connectivity index (χ0v) is 43.4. The lowest BCUT2D eigenvalue weighted by atomic mass is 9.83. The Morgan fingerprint density at radius 3 is 1.42 bits per heavy atom. The van der Waals surface area contributed by atoms with Crippen LogP contribution in [0.5, 0.6) is 12.0 Å². The third-order valence-corrected chi connectivity index (χ3v) is 13.2. The predicted molar refractivity (Wildman–Crippen MR) is 272 cm³/mol. The van der Waals surface area contributed by atoms with Gasteiger partial charge in [0, 0.05) is 23.9 Å². The summed E-state index contributed by atoms with van der Waals surface area (Å²) in [6.07, 6.45) is 3.72. The molecule has 2 saturated heterocycles. The van der Waals surface area contributed by atoms with Crippen molar-refractivity contribution in [2.75, 3.05) is 39.5 Å². The van der Waals surface area contributed by atoms with Crippen LogP contribution >= 0.6 is 0 Å². The maximum atomic E-state index is 14.5. The molecule has 2 fully saturated rings. The first-order valence-corrected chi connectivity index (χ1v) is 25.3. The smallest absolute Gasteiger partial charge is 0.335 e. The second-order valence-electron chi connectivity index (χ2n) is 20.0. The second kappa shape index (κ2) is 27.3. The maximum absolute atomic E-state index is 14.5. The third-order valence-electron chi connectivity index (χ3n) is 13.2. The molecule has 398 valence electrons. The van der Waals surface area contributed by atoms with Crippen molar-refractivity contribution in [3.63, 3.8) is 0 Å². The molecule has 4 amide bonds. The molecule has 4 heterocycles. The summed E-state index contributed by atoms with van der Waals surface area (Å²) in [5.41, 5.74) is 12.4. The largest absolute Gasteiger partial charge is 0.458 e. The van der Waals surface area contributed by atoms with E-state index in [0.717, 1.165) is 24.0 Å². The van der Waals surface area contributed by atoms with Crippen molar-refractivity contribution in [3.05, 3.63) is 71.8 Å². The first kappa shape index (κ1) is 56.3. The molecule has 6 rings (SSSR count). The van der Waals surface area contributed by atoms with E-state index in [2.05, 4.69) is 65.4 Å². The molecule has 2 unspecified atom stereocenters. The summed E-state index contributed by atoms with van der Waals surface area (Å²) >= 11 is 0. The monoisotopic (exact) mass is 1020 g/mol. The quantitative estimate of drug-likeness (QED) is 0.0518. The molecule has 2 aromatic carbocycles. The molecular formula is C52H72N14O8. The van der Waals surface area contributed by atoms with E-state index in [-0.39, 0.29) is 75.6 Å². The number of benzene rings is 2. The standard InChI is InChI=1S/C52H72N14O8/c1-7-41(53)45(67)55-43(47(69)63-27-19-25-39(63)31-65-49(57-59-61-65)73-33-37-21-13-11-14-22-37)51(3,4)35-71-29-17-9-10-18-30-72-36-52(5,6)44(56-46(68)42(54)8-2)48(70)64-28-20-26-40(64)32-66-50(58-60-62-66)74-34-38-23-15-12-16-24-38/h11-16,21-24,39-44H,7-8,19-20,25-36,53-54H2,1-6H3,(H,55,67)(H,56,68)/t39-,40-,41?,42?,43+,44+/m0/s1. The number of tetrazole rings is 2. The Bertz CT molecular complexity index is 2390. The maximum Gasteiger partial charge on any atom is 0.335 e. The molecule has 22 heteroatoms. The van der Waals surface area contributed by atoms with Crippen molar-refractivity contribution in [2.24, 2.45) is 22.3 Å². The Morgan fingerprint density at radius 1 is 0.649 bits per heavy atom. The lowest BCUT2D eigenvalue weighted by Crippen LogP contribution is -2.60. The first-order valence-electron chi connectivity index (χ1n) is 25.3. The Morgan fingerprint density at radius 2 is 1.04 bits per heavy atom. The van der Waals surface area contributed by atoms with Crippen LogP contribution in [0.25, 0.3) is 0 Å². The van der Waals surface area contributed by atoms with E-state index in [1.807, 2.05) is 88.4 Å². The summed E-state index contributed by atoms with van der Waals surface area (Å²) in [6, 6.07) is 15.8. The highest BCUT2D eigenvalue weighted by atomic mass is 16.5.